The predicted octanol–water partition coefficient (Wildman–Crippen LogP) is 3.63. The van der Waals surface area contributed by atoms with E-state index in [0.29, 0.717) is 5.82 Å². The molecule has 2 aromatic rings. The second kappa shape index (κ2) is 6.86. The van der Waals surface area contributed by atoms with E-state index in [1.165, 1.54) is 11.1 Å². The van der Waals surface area contributed by atoms with Crippen molar-refractivity contribution in [2.24, 2.45) is 0 Å². The van der Waals surface area contributed by atoms with Crippen LogP contribution in [0.25, 0.3) is 0 Å². The van der Waals surface area contributed by atoms with Gasteiger partial charge in [-0.15, -0.1) is 0 Å². The maximum absolute atomic E-state index is 5.95. The Kier molecular flexibility index (Phi) is 5.15. The summed E-state index contributed by atoms with van der Waals surface area (Å²) in [7, 11) is 0. The van der Waals surface area contributed by atoms with E-state index in [1.54, 1.807) is 6.20 Å². The van der Waals surface area contributed by atoms with E-state index in [4.69, 9.17) is 5.73 Å². The highest BCUT2D eigenvalue weighted by atomic mass is 79.9. The number of pyridine rings is 1. The number of nitrogens with two attached hydrogens (primary N) is 1. The minimum absolute atomic E-state index is 0.239. The van der Waals surface area contributed by atoms with Gasteiger partial charge in [-0.3, -0.25) is 0 Å². The van der Waals surface area contributed by atoms with Crippen LogP contribution in [0.5, 0.6) is 0 Å². The van der Waals surface area contributed by atoms with E-state index in [1.807, 2.05) is 12.1 Å². The standard InChI is InChI=1S/C16H20BrN3/c1-3-19-15(10-13-5-4-8-20-16(13)18)12-7-6-11(2)14(17)9-12/h4-9,15,19H,3,10H2,1-2H3,(H2,18,20). The number of hydrogen-bond donors (Lipinski definition) is 2. The molecule has 0 aliphatic heterocycles. The van der Waals surface area contributed by atoms with E-state index in [-0.39, 0.29) is 6.04 Å². The molecule has 0 radical (unpaired) electrons. The van der Waals surface area contributed by atoms with Gasteiger partial charge in [-0.05, 0) is 48.7 Å². The summed E-state index contributed by atoms with van der Waals surface area (Å²) in [6, 6.07) is 10.7. The van der Waals surface area contributed by atoms with Crippen LogP contribution < -0.4 is 11.1 Å². The Morgan fingerprint density at radius 2 is 2.15 bits per heavy atom. The van der Waals surface area contributed by atoms with Gasteiger partial charge in [-0.2, -0.15) is 0 Å². The number of nitrogens with one attached hydrogen (secondary N) is 1. The second-order valence-electron chi connectivity index (χ2n) is 4.87. The van der Waals surface area contributed by atoms with Crippen molar-refractivity contribution in [3.8, 4) is 0 Å². The van der Waals surface area contributed by atoms with Crippen LogP contribution in [0.1, 0.15) is 29.7 Å². The highest BCUT2D eigenvalue weighted by Crippen LogP contribution is 2.25. The van der Waals surface area contributed by atoms with Crippen molar-refractivity contribution in [1.29, 1.82) is 0 Å². The van der Waals surface area contributed by atoms with Crippen molar-refractivity contribution in [3.05, 3.63) is 57.7 Å². The molecular formula is C16H20BrN3. The monoisotopic (exact) mass is 333 g/mol. The van der Waals surface area contributed by atoms with Gasteiger partial charge >= 0.3 is 0 Å². The van der Waals surface area contributed by atoms with Crippen LogP contribution in [-0.2, 0) is 6.42 Å². The third kappa shape index (κ3) is 3.58. The molecule has 2 rings (SSSR count). The lowest BCUT2D eigenvalue weighted by Gasteiger charge is -2.20. The summed E-state index contributed by atoms with van der Waals surface area (Å²) in [5.74, 6) is 0.613. The number of nitrogen functional groups attached to an aromatic ring is 1. The minimum Gasteiger partial charge on any atom is -0.383 e. The van der Waals surface area contributed by atoms with Gasteiger partial charge in [0.2, 0.25) is 0 Å². The van der Waals surface area contributed by atoms with Gasteiger partial charge in [0, 0.05) is 16.7 Å². The second-order valence-corrected chi connectivity index (χ2v) is 5.73. The van der Waals surface area contributed by atoms with Gasteiger partial charge in [-0.1, -0.05) is 41.1 Å². The SMILES string of the molecule is CCNC(Cc1cccnc1N)c1ccc(C)c(Br)c1. The zero-order valence-electron chi connectivity index (χ0n) is 11.9. The Balaban J connectivity index is 2.27. The summed E-state index contributed by atoms with van der Waals surface area (Å²) < 4.78 is 1.14. The smallest absolute Gasteiger partial charge is 0.126 e. The largest absolute Gasteiger partial charge is 0.383 e. The molecule has 20 heavy (non-hydrogen) atoms. The number of hydrogen-bond acceptors (Lipinski definition) is 3. The lowest BCUT2D eigenvalue weighted by atomic mass is 9.98. The summed E-state index contributed by atoms with van der Waals surface area (Å²) in [5.41, 5.74) is 9.53. The van der Waals surface area contributed by atoms with Crippen molar-refractivity contribution >= 4 is 21.7 Å². The van der Waals surface area contributed by atoms with Crippen LogP contribution in [0.3, 0.4) is 0 Å². The fourth-order valence-corrected chi connectivity index (χ4v) is 2.62. The molecule has 0 aliphatic carbocycles. The molecule has 0 bridgehead atoms. The summed E-state index contributed by atoms with van der Waals surface area (Å²) >= 11 is 3.60. The number of nitrogens with zero attached hydrogens (tertiary/aromatic N) is 1. The predicted molar refractivity (Wildman–Crippen MR) is 87.7 cm³/mol. The zero-order valence-corrected chi connectivity index (χ0v) is 13.4. The Hall–Kier alpha value is -1.39. The topological polar surface area (TPSA) is 50.9 Å². The number of benzene rings is 1. The number of likely N-dealkylation sites (N-methyl/N-ethyl adjacent to an activating group) is 1. The van der Waals surface area contributed by atoms with Gasteiger partial charge in [-0.25, -0.2) is 4.98 Å². The summed E-state index contributed by atoms with van der Waals surface area (Å²) in [4.78, 5) is 4.16. The van der Waals surface area contributed by atoms with Crippen LogP contribution in [0.15, 0.2) is 41.0 Å². The van der Waals surface area contributed by atoms with Crippen molar-refractivity contribution in [2.75, 3.05) is 12.3 Å². The molecule has 3 N–H and O–H groups in total. The Morgan fingerprint density at radius 1 is 1.35 bits per heavy atom. The van der Waals surface area contributed by atoms with E-state index in [0.717, 1.165) is 23.0 Å². The van der Waals surface area contributed by atoms with E-state index in [9.17, 15) is 0 Å². The summed E-state index contributed by atoms with van der Waals surface area (Å²) in [6.07, 6.45) is 2.56. The fraction of sp³-hybridized carbons (Fsp3) is 0.312. The maximum Gasteiger partial charge on any atom is 0.126 e. The maximum atomic E-state index is 5.95. The fourth-order valence-electron chi connectivity index (χ4n) is 2.22. The third-order valence-corrected chi connectivity index (χ3v) is 4.25. The Morgan fingerprint density at radius 3 is 2.80 bits per heavy atom. The molecule has 1 unspecified atom stereocenters. The van der Waals surface area contributed by atoms with Crippen molar-refractivity contribution in [1.82, 2.24) is 10.3 Å². The van der Waals surface area contributed by atoms with E-state index < -0.39 is 0 Å². The zero-order chi connectivity index (χ0) is 14.5. The van der Waals surface area contributed by atoms with Gasteiger partial charge < -0.3 is 11.1 Å². The summed E-state index contributed by atoms with van der Waals surface area (Å²) in [6.45, 7) is 5.12. The molecule has 1 aromatic carbocycles. The lowest BCUT2D eigenvalue weighted by Crippen LogP contribution is -2.23. The molecule has 1 aromatic heterocycles. The number of rotatable bonds is 5. The van der Waals surface area contributed by atoms with Crippen LogP contribution in [-0.4, -0.2) is 11.5 Å². The average molecular weight is 334 g/mol. The first-order valence-electron chi connectivity index (χ1n) is 6.80. The molecule has 1 heterocycles. The number of aromatic nitrogens is 1. The normalized spacial score (nSPS) is 12.3. The molecule has 0 spiro atoms. The van der Waals surface area contributed by atoms with Crippen molar-refractivity contribution in [3.63, 3.8) is 0 Å². The first-order chi connectivity index (χ1) is 9.61. The highest BCUT2D eigenvalue weighted by molar-refractivity contribution is 9.10. The molecule has 0 aliphatic rings. The molecule has 1 atom stereocenters. The molecular weight excluding hydrogens is 314 g/mol. The van der Waals surface area contributed by atoms with Gasteiger partial charge in [0.05, 0.1) is 0 Å². The van der Waals surface area contributed by atoms with Crippen LogP contribution >= 0.6 is 15.9 Å². The van der Waals surface area contributed by atoms with E-state index >= 15 is 0 Å². The first kappa shape index (κ1) is 15.0. The Labute approximate surface area is 128 Å². The third-order valence-electron chi connectivity index (χ3n) is 3.40. The first-order valence-corrected chi connectivity index (χ1v) is 7.60. The number of halogens is 1. The molecule has 4 heteroatoms. The molecule has 0 fully saturated rings. The van der Waals surface area contributed by atoms with Crippen LogP contribution in [0, 0.1) is 6.92 Å². The molecule has 0 saturated heterocycles. The lowest BCUT2D eigenvalue weighted by molar-refractivity contribution is 0.549. The van der Waals surface area contributed by atoms with Gasteiger partial charge in [0.15, 0.2) is 0 Å². The Bertz CT molecular complexity index is 584. The van der Waals surface area contributed by atoms with Crippen molar-refractivity contribution < 1.29 is 0 Å². The quantitative estimate of drug-likeness (QED) is 0.878. The van der Waals surface area contributed by atoms with Crippen LogP contribution in [0.2, 0.25) is 0 Å². The number of aryl methyl sites for hydroxylation is 1. The number of anilines is 1. The van der Waals surface area contributed by atoms with Gasteiger partial charge in [0.1, 0.15) is 5.82 Å². The van der Waals surface area contributed by atoms with Crippen molar-refractivity contribution in [2.45, 2.75) is 26.3 Å². The molecule has 3 nitrogen and oxygen atoms in total. The summed E-state index contributed by atoms with van der Waals surface area (Å²) in [5, 5.41) is 3.52. The molecule has 0 saturated carbocycles. The molecule has 0 amide bonds. The van der Waals surface area contributed by atoms with Crippen LogP contribution in [0.4, 0.5) is 5.82 Å². The van der Waals surface area contributed by atoms with E-state index in [2.05, 4.69) is 58.3 Å². The highest BCUT2D eigenvalue weighted by Gasteiger charge is 2.14. The average Bonchev–Trinajstić information content (AvgIpc) is 2.44. The molecule has 106 valence electrons. The van der Waals surface area contributed by atoms with Gasteiger partial charge in [0.25, 0.3) is 0 Å². The minimum atomic E-state index is 0.239.